The number of nitrogens with one attached hydrogen (secondary N) is 1. The van der Waals surface area contributed by atoms with E-state index in [1.54, 1.807) is 26.8 Å². The first-order valence-electron chi connectivity index (χ1n) is 6.55. The van der Waals surface area contributed by atoms with Crippen molar-refractivity contribution in [3.05, 3.63) is 29.8 Å². The Balaban J connectivity index is 2.96. The summed E-state index contributed by atoms with van der Waals surface area (Å²) in [6.45, 7) is 5.55. The normalized spacial score (nSPS) is 15.4. The van der Waals surface area contributed by atoms with E-state index in [4.69, 9.17) is 4.74 Å². The van der Waals surface area contributed by atoms with Gasteiger partial charge in [0.2, 0.25) is 0 Å². The molecule has 0 saturated heterocycles. The van der Waals surface area contributed by atoms with E-state index in [-0.39, 0.29) is 12.4 Å². The Bertz CT molecular complexity index is 515. The molecule has 8 heteroatoms. The van der Waals surface area contributed by atoms with Crippen molar-refractivity contribution in [3.63, 3.8) is 0 Å². The molecule has 0 aliphatic carbocycles. The zero-order valence-corrected chi connectivity index (χ0v) is 13.7. The summed E-state index contributed by atoms with van der Waals surface area (Å²) in [4.78, 5) is 0. The Morgan fingerprint density at radius 2 is 1.91 bits per heavy atom. The number of halogens is 3. The van der Waals surface area contributed by atoms with Gasteiger partial charge in [-0.1, -0.05) is 12.1 Å². The molecule has 0 aliphatic heterocycles. The lowest BCUT2D eigenvalue weighted by Crippen LogP contribution is -2.37. The molecule has 0 aliphatic rings. The molecule has 0 radical (unpaired) electrons. The van der Waals surface area contributed by atoms with Crippen LogP contribution in [0.3, 0.4) is 0 Å². The van der Waals surface area contributed by atoms with Gasteiger partial charge in [-0.25, -0.2) is 8.93 Å². The monoisotopic (exact) mass is 339 g/mol. The van der Waals surface area contributed by atoms with Crippen molar-refractivity contribution in [2.24, 2.45) is 0 Å². The SMILES string of the molecule is COC[C@H](N[S@](=O)C(C)(C)C)c1cccc(OC(F)(F)F)c1. The number of methoxy groups -OCH3 is 1. The second-order valence-corrected chi connectivity index (χ2v) is 7.63. The summed E-state index contributed by atoms with van der Waals surface area (Å²) in [5, 5.41) is 0. The molecule has 0 amide bonds. The van der Waals surface area contributed by atoms with Gasteiger partial charge in [-0.05, 0) is 38.5 Å². The summed E-state index contributed by atoms with van der Waals surface area (Å²) in [6.07, 6.45) is -4.75. The lowest BCUT2D eigenvalue weighted by molar-refractivity contribution is -0.274. The number of hydrogen-bond donors (Lipinski definition) is 1. The number of benzene rings is 1. The Morgan fingerprint density at radius 1 is 1.27 bits per heavy atom. The van der Waals surface area contributed by atoms with E-state index in [1.165, 1.54) is 25.3 Å². The van der Waals surface area contributed by atoms with Gasteiger partial charge in [0, 0.05) is 7.11 Å². The highest BCUT2D eigenvalue weighted by Crippen LogP contribution is 2.26. The van der Waals surface area contributed by atoms with E-state index < -0.39 is 28.1 Å². The van der Waals surface area contributed by atoms with Gasteiger partial charge in [0.25, 0.3) is 0 Å². The fraction of sp³-hybridized carbons (Fsp3) is 0.571. The molecule has 1 N–H and O–H groups in total. The largest absolute Gasteiger partial charge is 0.573 e. The summed E-state index contributed by atoms with van der Waals surface area (Å²) in [5.74, 6) is -0.325. The van der Waals surface area contributed by atoms with Crippen molar-refractivity contribution in [3.8, 4) is 5.75 Å². The quantitative estimate of drug-likeness (QED) is 0.865. The van der Waals surface area contributed by atoms with Crippen LogP contribution in [-0.4, -0.2) is 29.0 Å². The summed E-state index contributed by atoms with van der Waals surface area (Å²) in [5.41, 5.74) is 0.501. The van der Waals surface area contributed by atoms with Crippen LogP contribution in [0, 0.1) is 0 Å². The number of alkyl halides is 3. The van der Waals surface area contributed by atoms with Gasteiger partial charge < -0.3 is 9.47 Å². The Morgan fingerprint density at radius 3 is 2.41 bits per heavy atom. The van der Waals surface area contributed by atoms with Gasteiger partial charge in [0.05, 0.1) is 28.4 Å². The highest BCUT2D eigenvalue weighted by Gasteiger charge is 2.31. The molecule has 0 saturated carbocycles. The molecule has 0 heterocycles. The van der Waals surface area contributed by atoms with Crippen LogP contribution < -0.4 is 9.46 Å². The lowest BCUT2D eigenvalue weighted by Gasteiger charge is -2.24. The predicted molar refractivity (Wildman–Crippen MR) is 78.8 cm³/mol. The molecule has 0 unspecified atom stereocenters. The first-order chi connectivity index (χ1) is 10.0. The number of hydrogen-bond acceptors (Lipinski definition) is 3. The third kappa shape index (κ3) is 6.33. The van der Waals surface area contributed by atoms with Crippen LogP contribution >= 0.6 is 0 Å². The topological polar surface area (TPSA) is 47.6 Å². The summed E-state index contributed by atoms with van der Waals surface area (Å²) in [6, 6.07) is 5.02. The van der Waals surface area contributed by atoms with E-state index in [1.807, 2.05) is 0 Å². The van der Waals surface area contributed by atoms with Crippen LogP contribution in [0.25, 0.3) is 0 Å². The summed E-state index contributed by atoms with van der Waals surface area (Å²) >= 11 is 0. The smallest absolute Gasteiger partial charge is 0.406 e. The van der Waals surface area contributed by atoms with Crippen LogP contribution in [0.4, 0.5) is 13.2 Å². The van der Waals surface area contributed by atoms with Crippen molar-refractivity contribution < 1.29 is 26.9 Å². The molecule has 22 heavy (non-hydrogen) atoms. The summed E-state index contributed by atoms with van der Waals surface area (Å²) in [7, 11) is 0.0750. The van der Waals surface area contributed by atoms with Gasteiger partial charge in [0.1, 0.15) is 5.75 Å². The lowest BCUT2D eigenvalue weighted by atomic mass is 10.1. The van der Waals surface area contributed by atoms with Gasteiger partial charge in [-0.3, -0.25) is 0 Å². The maximum Gasteiger partial charge on any atom is 0.573 e. The third-order valence-corrected chi connectivity index (χ3v) is 4.24. The minimum absolute atomic E-state index is 0.164. The Labute approximate surface area is 130 Å². The molecule has 4 nitrogen and oxygen atoms in total. The zero-order valence-electron chi connectivity index (χ0n) is 12.9. The molecular weight excluding hydrogens is 319 g/mol. The minimum atomic E-state index is -4.75. The van der Waals surface area contributed by atoms with E-state index >= 15 is 0 Å². The van der Waals surface area contributed by atoms with E-state index in [0.29, 0.717) is 5.56 Å². The maximum atomic E-state index is 12.3. The molecule has 1 aromatic carbocycles. The molecule has 126 valence electrons. The van der Waals surface area contributed by atoms with Crippen LogP contribution in [0.1, 0.15) is 32.4 Å². The van der Waals surface area contributed by atoms with E-state index in [0.717, 1.165) is 0 Å². The van der Waals surface area contributed by atoms with Crippen LogP contribution in [0.2, 0.25) is 0 Å². The molecule has 0 bridgehead atoms. The van der Waals surface area contributed by atoms with Crippen LogP contribution in [0.15, 0.2) is 24.3 Å². The average Bonchev–Trinajstić information content (AvgIpc) is 2.35. The van der Waals surface area contributed by atoms with Crippen molar-refractivity contribution in [2.75, 3.05) is 13.7 Å². The standard InChI is InChI=1S/C14H20F3NO3S/c1-13(2,3)22(19)18-12(9-20-4)10-6-5-7-11(8-10)21-14(15,16)17/h5-8,12,18H,9H2,1-4H3/t12-,22+/m0/s1. The average molecular weight is 339 g/mol. The number of ether oxygens (including phenoxy) is 2. The molecular formula is C14H20F3NO3S. The summed E-state index contributed by atoms with van der Waals surface area (Å²) < 4.78 is 60.3. The molecule has 0 spiro atoms. The van der Waals surface area contributed by atoms with Crippen molar-refractivity contribution in [2.45, 2.75) is 37.9 Å². The Hall–Kier alpha value is -1.12. The molecule has 1 rings (SSSR count). The molecule has 2 atom stereocenters. The second kappa shape index (κ2) is 7.43. The Kier molecular flexibility index (Phi) is 6.39. The van der Waals surface area contributed by atoms with E-state index in [9.17, 15) is 17.4 Å². The highest BCUT2D eigenvalue weighted by atomic mass is 32.2. The van der Waals surface area contributed by atoms with Gasteiger partial charge in [-0.15, -0.1) is 13.2 Å². The van der Waals surface area contributed by atoms with Crippen LogP contribution in [-0.2, 0) is 15.7 Å². The van der Waals surface area contributed by atoms with Crippen LogP contribution in [0.5, 0.6) is 5.75 Å². The predicted octanol–water partition coefficient (Wildman–Crippen LogP) is 3.32. The second-order valence-electron chi connectivity index (χ2n) is 5.63. The van der Waals surface area contributed by atoms with Crippen molar-refractivity contribution in [1.29, 1.82) is 0 Å². The first kappa shape index (κ1) is 18.9. The highest BCUT2D eigenvalue weighted by molar-refractivity contribution is 7.84. The first-order valence-corrected chi connectivity index (χ1v) is 7.70. The van der Waals surface area contributed by atoms with Gasteiger partial charge >= 0.3 is 6.36 Å². The zero-order chi connectivity index (χ0) is 17.0. The third-order valence-electron chi connectivity index (χ3n) is 2.63. The minimum Gasteiger partial charge on any atom is -0.406 e. The van der Waals surface area contributed by atoms with Gasteiger partial charge in [-0.2, -0.15) is 0 Å². The molecule has 0 aromatic heterocycles. The van der Waals surface area contributed by atoms with Crippen molar-refractivity contribution >= 4 is 11.0 Å². The fourth-order valence-corrected chi connectivity index (χ4v) is 2.42. The molecule has 1 aromatic rings. The van der Waals surface area contributed by atoms with Gasteiger partial charge in [0.15, 0.2) is 0 Å². The number of rotatable bonds is 6. The molecule has 0 fully saturated rings. The van der Waals surface area contributed by atoms with E-state index in [2.05, 4.69) is 9.46 Å². The fourth-order valence-electron chi connectivity index (χ4n) is 1.60. The maximum absolute atomic E-state index is 12.3. The van der Waals surface area contributed by atoms with Crippen molar-refractivity contribution in [1.82, 2.24) is 4.72 Å².